The van der Waals surface area contributed by atoms with Gasteiger partial charge < -0.3 is 33.7 Å². The average molecular weight is 1330 g/mol. The van der Waals surface area contributed by atoms with Crippen molar-refractivity contribution in [3.63, 3.8) is 0 Å². The van der Waals surface area contributed by atoms with Gasteiger partial charge in [0.15, 0.2) is 5.71 Å². The van der Waals surface area contributed by atoms with Gasteiger partial charge >= 0.3 is 88.7 Å². The van der Waals surface area contributed by atoms with Crippen molar-refractivity contribution in [3.05, 3.63) is 184 Å². The Balaban J connectivity index is 0.00000430. The van der Waals surface area contributed by atoms with Crippen LogP contribution in [0.2, 0.25) is 0 Å². The van der Waals surface area contributed by atoms with Gasteiger partial charge in [0.25, 0.3) is 20.2 Å². The fourth-order valence-corrected chi connectivity index (χ4v) is 13.6. The Hall–Kier alpha value is -4.53. The SMILES string of the molecule is CC1(C)C(=CC=C2CCCC(C=CC3=[N+](CCCCS(=O)(=O)[O-])c4ccc(S(=O)(=O)[O-])cc4C3(C)C)=C2Oc2ccc(S(=O)(=O)O)cc2)N(CCCCCC([O-])=NCCC(=O)N2Cc3ccccc3C#Cc3ccccc32)c2ccc(S(=O)(=O)O)cc21.[Na+].[Na+].[Na+]. The number of ether oxygens (including phenoxy) is 1. The van der Waals surface area contributed by atoms with Crippen molar-refractivity contribution in [1.82, 2.24) is 0 Å². The normalized spacial score (nSPS) is 17.0. The van der Waals surface area contributed by atoms with E-state index in [1.54, 1.807) is 11.0 Å². The van der Waals surface area contributed by atoms with Gasteiger partial charge in [-0.25, -0.2) is 16.8 Å². The number of unbranched alkanes of at least 4 members (excludes halogenated alkanes) is 3. The summed E-state index contributed by atoms with van der Waals surface area (Å²) in [5.74, 6) is 5.96. The molecule has 0 saturated carbocycles. The molecule has 0 aromatic heterocycles. The number of carbonyl (C=O) groups excluding carboxylic acids is 1. The number of carbonyl (C=O) groups is 1. The zero-order chi connectivity index (χ0) is 62.7. The molecule has 0 saturated heterocycles. The summed E-state index contributed by atoms with van der Waals surface area (Å²) < 4.78 is 149. The van der Waals surface area contributed by atoms with Gasteiger partial charge in [-0.2, -0.15) is 21.4 Å². The predicted octanol–water partition coefficient (Wildman–Crippen LogP) is 0.135. The molecule has 90 heavy (non-hydrogen) atoms. The van der Waals surface area contributed by atoms with Crippen molar-refractivity contribution in [2.24, 2.45) is 4.99 Å². The Morgan fingerprint density at radius 3 is 2.02 bits per heavy atom. The second-order valence-corrected chi connectivity index (χ2v) is 28.5. The largest absolute Gasteiger partial charge is 1.00 e. The fraction of sp³-hybridized carbons (Fsp3) is 0.328. The first-order valence-electron chi connectivity index (χ1n) is 28.4. The molecule has 5 aromatic rings. The summed E-state index contributed by atoms with van der Waals surface area (Å²) in [6.07, 6.45) is 11.4. The van der Waals surface area contributed by atoms with Crippen LogP contribution < -0.4 is 108 Å². The first kappa shape index (κ1) is 74.5. The summed E-state index contributed by atoms with van der Waals surface area (Å²) in [5, 5.41) is 13.2. The van der Waals surface area contributed by atoms with E-state index >= 15 is 0 Å². The number of hydrogen-bond acceptors (Lipinski definition) is 15. The molecule has 0 radical (unpaired) electrons. The summed E-state index contributed by atoms with van der Waals surface area (Å²) in [6, 6.07) is 28.9. The van der Waals surface area contributed by atoms with Crippen molar-refractivity contribution in [3.8, 4) is 17.6 Å². The molecule has 2 N–H and O–H groups in total. The van der Waals surface area contributed by atoms with Gasteiger partial charge in [-0.05, 0) is 172 Å². The summed E-state index contributed by atoms with van der Waals surface area (Å²) in [6.45, 7) is 8.61. The van der Waals surface area contributed by atoms with E-state index < -0.39 is 62.0 Å². The zero-order valence-electron chi connectivity index (χ0n) is 51.4. The first-order valence-corrected chi connectivity index (χ1v) is 34.2. The molecular formula is C64H66N4Na3O15S4+. The van der Waals surface area contributed by atoms with Gasteiger partial charge in [-0.3, -0.25) is 13.9 Å². The molecule has 3 aliphatic heterocycles. The van der Waals surface area contributed by atoms with E-state index in [9.17, 15) is 61.8 Å². The maximum atomic E-state index is 13.7. The Bertz CT molecular complexity index is 4300. The first-order chi connectivity index (χ1) is 41.0. The zero-order valence-corrected chi connectivity index (χ0v) is 60.7. The number of hydrogen-bond donors (Lipinski definition) is 2. The van der Waals surface area contributed by atoms with E-state index in [1.165, 1.54) is 54.6 Å². The van der Waals surface area contributed by atoms with E-state index in [-0.39, 0.29) is 155 Å². The van der Waals surface area contributed by atoms with E-state index in [1.807, 2.05) is 105 Å². The molecule has 0 atom stereocenters. The van der Waals surface area contributed by atoms with Crippen LogP contribution in [0.3, 0.4) is 0 Å². The number of benzene rings is 5. The molecule has 1 aliphatic carbocycles. The monoisotopic (exact) mass is 1330 g/mol. The number of anilines is 2. The van der Waals surface area contributed by atoms with Gasteiger partial charge in [0.1, 0.15) is 28.2 Å². The van der Waals surface area contributed by atoms with Crippen LogP contribution in [-0.4, -0.2) is 99.4 Å². The molecule has 0 spiro atoms. The molecule has 458 valence electrons. The van der Waals surface area contributed by atoms with Crippen molar-refractivity contribution in [1.29, 1.82) is 0 Å². The third-order valence-electron chi connectivity index (χ3n) is 16.1. The predicted molar refractivity (Wildman–Crippen MR) is 326 cm³/mol. The minimum absolute atomic E-state index is 0. The minimum atomic E-state index is -4.85. The smallest absolute Gasteiger partial charge is 0.862 e. The molecular weight excluding hydrogens is 1260 g/mol. The molecule has 0 bridgehead atoms. The summed E-state index contributed by atoms with van der Waals surface area (Å²) in [5.41, 5.74) is 6.72. The van der Waals surface area contributed by atoms with Crippen LogP contribution in [0.4, 0.5) is 17.1 Å². The van der Waals surface area contributed by atoms with Gasteiger partial charge in [-0.15, -0.1) is 0 Å². The molecule has 5 aromatic carbocycles. The molecule has 0 fully saturated rings. The summed E-state index contributed by atoms with van der Waals surface area (Å²) in [7, 11) is -18.5. The molecule has 4 aliphatic rings. The topological polar surface area (TPSA) is 294 Å². The standard InChI is InChI=1S/C64H68N4O15S4.3Na/c1-63(2)53-41-51(86(77,78)79)30-32-56(53)66(38-11-5-6-21-60(69)65-37-36-61(70)68-43-48-17-8-7-15-44(48)22-23-45-16-9-10-20-55(45)68)58(63)34-24-46-18-14-19-47(62(46)83-49-26-28-50(29-27-49)85(74,75)76)25-35-59-64(3,4)54-42-52(87(80,81)82)31-33-57(54)67(59)39-12-13-40-84(71,72)73;;;/h7-10,15-17,20,24-35,41-42H,5-6,11-14,18-19,21,36-40,43H2,1-4H3,(H4-,65,69,71,72,73,74,75,76,77,78,79,80,81,82);;;/q;3*+1/p-2. The van der Waals surface area contributed by atoms with Crippen LogP contribution >= 0.6 is 0 Å². The van der Waals surface area contributed by atoms with Crippen molar-refractivity contribution >= 4 is 75.1 Å². The van der Waals surface area contributed by atoms with E-state index in [4.69, 9.17) is 4.74 Å². The van der Waals surface area contributed by atoms with Crippen LogP contribution in [0, 0.1) is 11.8 Å². The van der Waals surface area contributed by atoms with Crippen LogP contribution in [0.5, 0.6) is 5.75 Å². The summed E-state index contributed by atoms with van der Waals surface area (Å²) >= 11 is 0. The second kappa shape index (κ2) is 30.7. The van der Waals surface area contributed by atoms with E-state index in [0.717, 1.165) is 22.4 Å². The van der Waals surface area contributed by atoms with Gasteiger partial charge in [0, 0.05) is 77.3 Å². The fourth-order valence-electron chi connectivity index (χ4n) is 11.6. The second-order valence-electron chi connectivity index (χ2n) is 22.8. The molecule has 1 amide bonds. The quantitative estimate of drug-likeness (QED) is 0.0177. The molecule has 26 heteroatoms. The number of para-hydroxylation sites is 1. The Morgan fingerprint density at radius 2 is 1.33 bits per heavy atom. The number of amides is 1. The molecule has 0 unspecified atom stereocenters. The number of rotatable bonds is 22. The van der Waals surface area contributed by atoms with Crippen LogP contribution in [0.15, 0.2) is 176 Å². The minimum Gasteiger partial charge on any atom is -0.862 e. The van der Waals surface area contributed by atoms with Crippen molar-refractivity contribution in [2.75, 3.05) is 35.2 Å². The van der Waals surface area contributed by atoms with E-state index in [0.29, 0.717) is 102 Å². The van der Waals surface area contributed by atoms with E-state index in [2.05, 4.69) is 21.7 Å². The molecule has 9 rings (SSSR count). The van der Waals surface area contributed by atoms with Gasteiger partial charge in [0.05, 0.1) is 42.5 Å². The van der Waals surface area contributed by atoms with Crippen LogP contribution in [0.1, 0.15) is 120 Å². The van der Waals surface area contributed by atoms with Crippen molar-refractivity contribution < 1.29 is 160 Å². The molecule has 19 nitrogen and oxygen atoms in total. The number of allylic oxidation sites excluding steroid dienone is 7. The summed E-state index contributed by atoms with van der Waals surface area (Å²) in [4.78, 5) is 20.7. The van der Waals surface area contributed by atoms with Gasteiger partial charge in [-0.1, -0.05) is 68.5 Å². The Morgan fingerprint density at radius 1 is 0.689 bits per heavy atom. The average Bonchev–Trinajstić information content (AvgIpc) is 1.60. The third kappa shape index (κ3) is 17.8. The number of aliphatic imine (C=N–C) groups is 1. The van der Waals surface area contributed by atoms with Gasteiger partial charge in [0.2, 0.25) is 11.6 Å². The molecule has 3 heterocycles. The third-order valence-corrected chi connectivity index (χ3v) is 19.4. The maximum absolute atomic E-state index is 13.7. The van der Waals surface area contributed by atoms with Crippen LogP contribution in [0.25, 0.3) is 0 Å². The Kier molecular flexibility index (Phi) is 25.4. The Labute approximate surface area is 594 Å². The number of fused-ring (bicyclic) bond motifs is 4. The number of nitrogens with zero attached hydrogens (tertiary/aromatic N) is 4. The van der Waals surface area contributed by atoms with Crippen molar-refractivity contribution in [2.45, 2.75) is 124 Å². The van der Waals surface area contributed by atoms with Crippen LogP contribution in [-0.2, 0) is 62.6 Å². The maximum Gasteiger partial charge on any atom is 1.00 e.